The monoisotopic (exact) mass is 314 g/mol. The lowest BCUT2D eigenvalue weighted by Gasteiger charge is -2.41. The minimum absolute atomic E-state index is 0.247. The quantitative estimate of drug-likeness (QED) is 0.904. The topological polar surface area (TPSA) is 32.3 Å². The summed E-state index contributed by atoms with van der Waals surface area (Å²) in [6.07, 6.45) is 5.63. The van der Waals surface area contributed by atoms with Crippen LogP contribution in [0, 0.1) is 5.92 Å². The molecule has 1 saturated carbocycles. The second-order valence-electron chi connectivity index (χ2n) is 7.61. The second-order valence-corrected chi connectivity index (χ2v) is 7.61. The highest BCUT2D eigenvalue weighted by atomic mass is 16.2. The van der Waals surface area contributed by atoms with E-state index in [0.717, 1.165) is 32.4 Å². The van der Waals surface area contributed by atoms with E-state index in [1.165, 1.54) is 24.9 Å². The molecule has 23 heavy (non-hydrogen) atoms. The Morgan fingerprint density at radius 3 is 2.61 bits per heavy atom. The fourth-order valence-electron chi connectivity index (χ4n) is 4.07. The van der Waals surface area contributed by atoms with Crippen molar-refractivity contribution in [2.75, 3.05) is 19.6 Å². The summed E-state index contributed by atoms with van der Waals surface area (Å²) in [7, 11) is 0. The molecule has 1 heterocycles. The number of nitrogens with zero attached hydrogens (tertiary/aromatic N) is 1. The van der Waals surface area contributed by atoms with Crippen molar-refractivity contribution in [2.45, 2.75) is 57.4 Å². The van der Waals surface area contributed by atoms with Crippen LogP contribution in [0.2, 0.25) is 0 Å². The fraction of sp³-hybridized carbons (Fsp3) is 0.650. The Labute approximate surface area is 140 Å². The summed E-state index contributed by atoms with van der Waals surface area (Å²) in [5.74, 6) is 0.847. The molecule has 1 unspecified atom stereocenters. The van der Waals surface area contributed by atoms with Crippen LogP contribution in [0.25, 0.3) is 0 Å². The van der Waals surface area contributed by atoms with Crippen LogP contribution in [0.15, 0.2) is 30.3 Å². The highest BCUT2D eigenvalue weighted by Crippen LogP contribution is 2.43. The molecule has 0 spiro atoms. The molecule has 0 aromatic heterocycles. The number of rotatable bonds is 5. The normalized spacial score (nSPS) is 24.2. The minimum Gasteiger partial charge on any atom is -0.355 e. The molecule has 3 heteroatoms. The second kappa shape index (κ2) is 7.04. The summed E-state index contributed by atoms with van der Waals surface area (Å²) in [5.41, 5.74) is 0.935. The molecule has 3 nitrogen and oxygen atoms in total. The molecule has 0 radical (unpaired) electrons. The van der Waals surface area contributed by atoms with Gasteiger partial charge in [0.15, 0.2) is 0 Å². The molecule has 0 bridgehead atoms. The van der Waals surface area contributed by atoms with Gasteiger partial charge in [-0.15, -0.1) is 0 Å². The van der Waals surface area contributed by atoms with Crippen LogP contribution in [0.5, 0.6) is 0 Å². The zero-order chi connectivity index (χ0) is 16.3. The summed E-state index contributed by atoms with van der Waals surface area (Å²) in [5, 5.41) is 3.29. The SMILES string of the molecule is CC(C)N1CCCC(CNC(=O)C2(c3ccccc3)CCC2)C1. The summed E-state index contributed by atoms with van der Waals surface area (Å²) in [6.45, 7) is 7.68. The summed E-state index contributed by atoms with van der Waals surface area (Å²) in [4.78, 5) is 15.4. The number of amides is 1. The largest absolute Gasteiger partial charge is 0.355 e. The first-order chi connectivity index (χ1) is 11.1. The fourth-order valence-corrected chi connectivity index (χ4v) is 4.07. The zero-order valence-electron chi connectivity index (χ0n) is 14.6. The maximum atomic E-state index is 12.9. The third kappa shape index (κ3) is 3.45. The van der Waals surface area contributed by atoms with Gasteiger partial charge >= 0.3 is 0 Å². The standard InChI is InChI=1S/C20H30N2O/c1-16(2)22-13-6-8-17(15-22)14-21-19(23)20(11-7-12-20)18-9-4-3-5-10-18/h3-5,9-10,16-17H,6-8,11-15H2,1-2H3,(H,21,23). The first-order valence-electron chi connectivity index (χ1n) is 9.20. The van der Waals surface area contributed by atoms with Gasteiger partial charge in [0.25, 0.3) is 0 Å². The van der Waals surface area contributed by atoms with E-state index >= 15 is 0 Å². The number of carbonyl (C=O) groups is 1. The number of hydrogen-bond acceptors (Lipinski definition) is 2. The molecule has 1 aliphatic heterocycles. The van der Waals surface area contributed by atoms with Crippen LogP contribution in [0.3, 0.4) is 0 Å². The maximum absolute atomic E-state index is 12.9. The molecular formula is C20H30N2O. The number of likely N-dealkylation sites (tertiary alicyclic amines) is 1. The van der Waals surface area contributed by atoms with Gasteiger partial charge in [-0.25, -0.2) is 0 Å². The predicted octanol–water partition coefficient (Wildman–Crippen LogP) is 3.34. The summed E-state index contributed by atoms with van der Waals surface area (Å²) >= 11 is 0. The van der Waals surface area contributed by atoms with Gasteiger partial charge in [0.05, 0.1) is 5.41 Å². The van der Waals surface area contributed by atoms with Gasteiger partial charge in [0.1, 0.15) is 0 Å². The first-order valence-corrected chi connectivity index (χ1v) is 9.20. The molecule has 1 aromatic rings. The Bertz CT molecular complexity index is 522. The zero-order valence-corrected chi connectivity index (χ0v) is 14.6. The van der Waals surface area contributed by atoms with Gasteiger partial charge in [-0.1, -0.05) is 36.8 Å². The first kappa shape index (κ1) is 16.5. The highest BCUT2D eigenvalue weighted by molar-refractivity contribution is 5.89. The molecule has 2 fully saturated rings. The van der Waals surface area contributed by atoms with Crippen molar-refractivity contribution in [3.63, 3.8) is 0 Å². The van der Waals surface area contributed by atoms with Crippen molar-refractivity contribution < 1.29 is 4.79 Å². The number of carbonyl (C=O) groups excluding carboxylic acids is 1. The minimum atomic E-state index is -0.256. The van der Waals surface area contributed by atoms with Gasteiger partial charge < -0.3 is 10.2 Å². The average molecular weight is 314 g/mol. The van der Waals surface area contributed by atoms with E-state index in [1.807, 2.05) is 18.2 Å². The molecule has 1 aromatic carbocycles. The van der Waals surface area contributed by atoms with Crippen LogP contribution in [-0.4, -0.2) is 36.5 Å². The predicted molar refractivity (Wildman–Crippen MR) is 94.4 cm³/mol. The molecular weight excluding hydrogens is 284 g/mol. The van der Waals surface area contributed by atoms with Crippen LogP contribution in [-0.2, 0) is 10.2 Å². The van der Waals surface area contributed by atoms with E-state index in [1.54, 1.807) is 0 Å². The average Bonchev–Trinajstić information content (AvgIpc) is 2.53. The smallest absolute Gasteiger partial charge is 0.230 e. The van der Waals surface area contributed by atoms with E-state index in [9.17, 15) is 4.79 Å². The summed E-state index contributed by atoms with van der Waals surface area (Å²) in [6, 6.07) is 10.9. The van der Waals surface area contributed by atoms with Gasteiger partial charge in [-0.3, -0.25) is 4.79 Å². The van der Waals surface area contributed by atoms with E-state index in [4.69, 9.17) is 0 Å². The molecule has 1 aliphatic carbocycles. The third-order valence-corrected chi connectivity index (χ3v) is 5.80. The van der Waals surface area contributed by atoms with Crippen LogP contribution in [0.4, 0.5) is 0 Å². The van der Waals surface area contributed by atoms with Crippen molar-refractivity contribution in [3.8, 4) is 0 Å². The molecule has 2 aliphatic rings. The number of nitrogens with one attached hydrogen (secondary N) is 1. The van der Waals surface area contributed by atoms with Gasteiger partial charge in [0, 0.05) is 19.1 Å². The van der Waals surface area contributed by atoms with Crippen LogP contribution < -0.4 is 5.32 Å². The van der Waals surface area contributed by atoms with Gasteiger partial charge in [0.2, 0.25) is 5.91 Å². The number of hydrogen-bond donors (Lipinski definition) is 1. The summed E-state index contributed by atoms with van der Waals surface area (Å²) < 4.78 is 0. The van der Waals surface area contributed by atoms with E-state index in [2.05, 4.69) is 36.2 Å². The lowest BCUT2D eigenvalue weighted by Crippen LogP contribution is -2.51. The van der Waals surface area contributed by atoms with Crippen molar-refractivity contribution in [3.05, 3.63) is 35.9 Å². The van der Waals surface area contributed by atoms with Crippen LogP contribution >= 0.6 is 0 Å². The molecule has 1 saturated heterocycles. The van der Waals surface area contributed by atoms with Crippen LogP contribution in [0.1, 0.15) is 51.5 Å². The lowest BCUT2D eigenvalue weighted by atomic mass is 9.64. The molecule has 1 N–H and O–H groups in total. The Hall–Kier alpha value is -1.35. The Balaban J connectivity index is 1.58. The van der Waals surface area contributed by atoms with Crippen molar-refractivity contribution in [1.82, 2.24) is 10.2 Å². The Morgan fingerprint density at radius 2 is 2.00 bits per heavy atom. The molecule has 3 rings (SSSR count). The van der Waals surface area contributed by atoms with E-state index in [0.29, 0.717) is 12.0 Å². The van der Waals surface area contributed by atoms with E-state index in [-0.39, 0.29) is 11.3 Å². The number of piperidine rings is 1. The molecule has 1 atom stereocenters. The lowest BCUT2D eigenvalue weighted by molar-refractivity contribution is -0.130. The molecule has 126 valence electrons. The van der Waals surface area contributed by atoms with Crippen molar-refractivity contribution in [1.29, 1.82) is 0 Å². The van der Waals surface area contributed by atoms with Crippen molar-refractivity contribution in [2.24, 2.45) is 5.92 Å². The number of benzene rings is 1. The van der Waals surface area contributed by atoms with Crippen molar-refractivity contribution >= 4 is 5.91 Å². The van der Waals surface area contributed by atoms with E-state index < -0.39 is 0 Å². The van der Waals surface area contributed by atoms with Gasteiger partial charge in [-0.2, -0.15) is 0 Å². The highest BCUT2D eigenvalue weighted by Gasteiger charge is 2.45. The Morgan fingerprint density at radius 1 is 1.26 bits per heavy atom. The van der Waals surface area contributed by atoms with Gasteiger partial charge in [-0.05, 0) is 57.6 Å². The maximum Gasteiger partial charge on any atom is 0.230 e. The third-order valence-electron chi connectivity index (χ3n) is 5.80. The Kier molecular flexibility index (Phi) is 5.05. The molecule has 1 amide bonds.